The quantitative estimate of drug-likeness (QED) is 0.750. The second kappa shape index (κ2) is 5.22. The second-order valence-electron chi connectivity index (χ2n) is 5.30. The first-order valence-electron chi connectivity index (χ1n) is 6.94. The molecule has 0 aromatic carbocycles. The van der Waals surface area contributed by atoms with Gasteiger partial charge < -0.3 is 4.90 Å². The molecule has 0 amide bonds. The van der Waals surface area contributed by atoms with Crippen molar-refractivity contribution in [3.05, 3.63) is 24.1 Å². The number of anilines is 1. The van der Waals surface area contributed by atoms with E-state index in [1.165, 1.54) is 44.8 Å². The number of aromatic nitrogens is 1. The minimum Gasteiger partial charge on any atom is -0.355 e. The summed E-state index contributed by atoms with van der Waals surface area (Å²) in [6.07, 6.45) is 5.21. The Bertz CT molecular complexity index is 404. The average Bonchev–Trinajstić information content (AvgIpc) is 2.89. The molecule has 2 fully saturated rings. The molecular formula is C14H20FN3. The fraction of sp³-hybridized carbons (Fsp3) is 0.643. The zero-order chi connectivity index (χ0) is 12.4. The predicted octanol–water partition coefficient (Wildman–Crippen LogP) is 2.29. The van der Waals surface area contributed by atoms with Crippen molar-refractivity contribution in [3.8, 4) is 0 Å². The number of nitrogens with zero attached hydrogens (tertiary/aromatic N) is 3. The van der Waals surface area contributed by atoms with Gasteiger partial charge in [0, 0.05) is 19.1 Å². The van der Waals surface area contributed by atoms with Crippen molar-refractivity contribution in [1.29, 1.82) is 0 Å². The fourth-order valence-electron chi connectivity index (χ4n) is 3.11. The molecule has 98 valence electrons. The van der Waals surface area contributed by atoms with Gasteiger partial charge in [-0.1, -0.05) is 12.5 Å². The van der Waals surface area contributed by atoms with Crippen LogP contribution < -0.4 is 4.90 Å². The van der Waals surface area contributed by atoms with Crippen LogP contribution in [0.4, 0.5) is 10.2 Å². The predicted molar refractivity (Wildman–Crippen MR) is 70.2 cm³/mol. The van der Waals surface area contributed by atoms with E-state index in [4.69, 9.17) is 0 Å². The van der Waals surface area contributed by atoms with Gasteiger partial charge in [0.2, 0.25) is 5.95 Å². The average molecular weight is 249 g/mol. The number of hydrogen-bond donors (Lipinski definition) is 0. The summed E-state index contributed by atoms with van der Waals surface area (Å²) in [5, 5.41) is 0. The maximum atomic E-state index is 13.1. The van der Waals surface area contributed by atoms with Crippen molar-refractivity contribution in [3.63, 3.8) is 0 Å². The third kappa shape index (κ3) is 2.48. The molecule has 3 rings (SSSR count). The summed E-state index contributed by atoms with van der Waals surface area (Å²) >= 11 is 0. The van der Waals surface area contributed by atoms with Crippen molar-refractivity contribution in [2.45, 2.75) is 31.7 Å². The molecule has 3 nitrogen and oxygen atoms in total. The Morgan fingerprint density at radius 1 is 1.11 bits per heavy atom. The van der Waals surface area contributed by atoms with Gasteiger partial charge in [0.25, 0.3) is 0 Å². The maximum absolute atomic E-state index is 13.1. The molecule has 18 heavy (non-hydrogen) atoms. The third-order valence-electron chi connectivity index (χ3n) is 4.09. The normalized spacial score (nSPS) is 25.6. The van der Waals surface area contributed by atoms with E-state index in [-0.39, 0.29) is 5.95 Å². The molecule has 2 aliphatic rings. The number of hydrogen-bond acceptors (Lipinski definition) is 3. The van der Waals surface area contributed by atoms with Gasteiger partial charge in [-0.2, -0.15) is 4.39 Å². The van der Waals surface area contributed by atoms with Crippen LogP contribution in [0.5, 0.6) is 0 Å². The lowest BCUT2D eigenvalue weighted by Gasteiger charge is -2.32. The first-order chi connectivity index (χ1) is 8.83. The van der Waals surface area contributed by atoms with Crippen LogP contribution in [0.15, 0.2) is 18.2 Å². The molecule has 1 atom stereocenters. The van der Waals surface area contributed by atoms with Crippen LogP contribution in [0, 0.1) is 5.95 Å². The minimum absolute atomic E-state index is 0.381. The molecule has 0 N–H and O–H groups in total. The van der Waals surface area contributed by atoms with Crippen LogP contribution in [-0.4, -0.2) is 42.1 Å². The zero-order valence-corrected chi connectivity index (χ0v) is 10.7. The first-order valence-corrected chi connectivity index (χ1v) is 6.94. The lowest BCUT2D eigenvalue weighted by atomic mass is 10.1. The van der Waals surface area contributed by atoms with E-state index < -0.39 is 0 Å². The third-order valence-corrected chi connectivity index (χ3v) is 4.09. The van der Waals surface area contributed by atoms with Crippen molar-refractivity contribution in [2.24, 2.45) is 0 Å². The van der Waals surface area contributed by atoms with Gasteiger partial charge in [0.05, 0.1) is 0 Å². The van der Waals surface area contributed by atoms with Gasteiger partial charge in [-0.05, 0) is 44.5 Å². The summed E-state index contributed by atoms with van der Waals surface area (Å²) in [6.45, 7) is 4.46. The molecule has 3 heterocycles. The molecule has 2 aliphatic heterocycles. The SMILES string of the molecule is Fc1cccc(N2CCC(N3CCCCC3)C2)n1. The first kappa shape index (κ1) is 11.9. The molecule has 4 heteroatoms. The lowest BCUT2D eigenvalue weighted by Crippen LogP contribution is -2.40. The standard InChI is InChI=1S/C14H20FN3/c15-13-5-4-6-14(16-13)18-10-7-12(11-18)17-8-2-1-3-9-17/h4-6,12H,1-3,7-11H2. The molecule has 0 bridgehead atoms. The highest BCUT2D eigenvalue weighted by molar-refractivity contribution is 5.39. The Morgan fingerprint density at radius 3 is 2.72 bits per heavy atom. The highest BCUT2D eigenvalue weighted by atomic mass is 19.1. The molecule has 1 aromatic rings. The molecule has 2 saturated heterocycles. The van der Waals surface area contributed by atoms with Crippen LogP contribution in [0.25, 0.3) is 0 Å². The summed E-state index contributed by atoms with van der Waals surface area (Å²) in [5.74, 6) is 0.406. The van der Waals surface area contributed by atoms with Crippen molar-refractivity contribution in [1.82, 2.24) is 9.88 Å². The van der Waals surface area contributed by atoms with Crippen LogP contribution in [0.2, 0.25) is 0 Å². The topological polar surface area (TPSA) is 19.4 Å². The number of rotatable bonds is 2. The fourth-order valence-corrected chi connectivity index (χ4v) is 3.11. The number of halogens is 1. The number of piperidine rings is 1. The van der Waals surface area contributed by atoms with E-state index in [1.54, 1.807) is 6.07 Å². The van der Waals surface area contributed by atoms with Crippen molar-refractivity contribution < 1.29 is 4.39 Å². The summed E-state index contributed by atoms with van der Waals surface area (Å²) < 4.78 is 13.1. The van der Waals surface area contributed by atoms with Crippen LogP contribution in [0.1, 0.15) is 25.7 Å². The van der Waals surface area contributed by atoms with E-state index >= 15 is 0 Å². The number of pyridine rings is 1. The Kier molecular flexibility index (Phi) is 3.46. The molecular weight excluding hydrogens is 229 g/mol. The molecule has 0 aliphatic carbocycles. The monoisotopic (exact) mass is 249 g/mol. The van der Waals surface area contributed by atoms with E-state index in [0.717, 1.165) is 18.9 Å². The van der Waals surface area contributed by atoms with Crippen molar-refractivity contribution in [2.75, 3.05) is 31.1 Å². The van der Waals surface area contributed by atoms with E-state index in [9.17, 15) is 4.39 Å². The molecule has 1 aromatic heterocycles. The van der Waals surface area contributed by atoms with E-state index in [0.29, 0.717) is 6.04 Å². The molecule has 0 spiro atoms. The van der Waals surface area contributed by atoms with Crippen LogP contribution in [0.3, 0.4) is 0 Å². The Hall–Kier alpha value is -1.16. The van der Waals surface area contributed by atoms with Crippen molar-refractivity contribution >= 4 is 5.82 Å². The van der Waals surface area contributed by atoms with Gasteiger partial charge in [-0.3, -0.25) is 4.90 Å². The smallest absolute Gasteiger partial charge is 0.214 e. The highest BCUT2D eigenvalue weighted by Crippen LogP contribution is 2.23. The summed E-state index contributed by atoms with van der Waals surface area (Å²) in [4.78, 5) is 8.79. The minimum atomic E-state index is -0.381. The van der Waals surface area contributed by atoms with Gasteiger partial charge in [0.1, 0.15) is 5.82 Å². The van der Waals surface area contributed by atoms with Gasteiger partial charge >= 0.3 is 0 Å². The summed E-state index contributed by atoms with van der Waals surface area (Å²) in [6, 6.07) is 5.69. The van der Waals surface area contributed by atoms with Gasteiger partial charge in [-0.15, -0.1) is 0 Å². The lowest BCUT2D eigenvalue weighted by molar-refractivity contribution is 0.174. The Balaban J connectivity index is 1.64. The highest BCUT2D eigenvalue weighted by Gasteiger charge is 2.29. The number of likely N-dealkylation sites (tertiary alicyclic amines) is 1. The Labute approximate surface area is 108 Å². The summed E-state index contributed by atoms with van der Waals surface area (Å²) in [5.41, 5.74) is 0. The second-order valence-corrected chi connectivity index (χ2v) is 5.30. The zero-order valence-electron chi connectivity index (χ0n) is 10.7. The Morgan fingerprint density at radius 2 is 1.94 bits per heavy atom. The largest absolute Gasteiger partial charge is 0.355 e. The van der Waals surface area contributed by atoms with Gasteiger partial charge in [-0.25, -0.2) is 4.98 Å². The van der Waals surface area contributed by atoms with Crippen LogP contribution in [-0.2, 0) is 0 Å². The van der Waals surface area contributed by atoms with Gasteiger partial charge in [0.15, 0.2) is 0 Å². The van der Waals surface area contributed by atoms with E-state index in [2.05, 4.69) is 14.8 Å². The van der Waals surface area contributed by atoms with E-state index in [1.807, 2.05) is 6.07 Å². The molecule has 1 unspecified atom stereocenters. The molecule has 0 saturated carbocycles. The molecule has 0 radical (unpaired) electrons. The van der Waals surface area contributed by atoms with Crippen LogP contribution >= 0.6 is 0 Å². The summed E-state index contributed by atoms with van der Waals surface area (Å²) in [7, 11) is 0. The maximum Gasteiger partial charge on any atom is 0.214 e.